The van der Waals surface area contributed by atoms with Crippen molar-refractivity contribution in [1.82, 2.24) is 19.5 Å². The van der Waals surface area contributed by atoms with Gasteiger partial charge in [-0.05, 0) is 18.2 Å². The van der Waals surface area contributed by atoms with Crippen LogP contribution in [0.1, 0.15) is 10.4 Å². The van der Waals surface area contributed by atoms with E-state index in [-0.39, 0.29) is 0 Å². The summed E-state index contributed by atoms with van der Waals surface area (Å²) in [6, 6.07) is 5.35. The van der Waals surface area contributed by atoms with E-state index < -0.39 is 0 Å². The molecule has 0 aliphatic carbocycles. The van der Waals surface area contributed by atoms with Crippen molar-refractivity contribution in [2.45, 2.75) is 0 Å². The van der Waals surface area contributed by atoms with Crippen LogP contribution in [0.2, 0.25) is 0 Å². The van der Waals surface area contributed by atoms with Gasteiger partial charge in [0, 0.05) is 25.0 Å². The first kappa shape index (κ1) is 9.77. The quantitative estimate of drug-likeness (QED) is 0.677. The third kappa shape index (κ3) is 1.52. The smallest absolute Gasteiger partial charge is 0.175 e. The van der Waals surface area contributed by atoms with Crippen LogP contribution < -0.4 is 0 Å². The maximum absolute atomic E-state index is 10.7. The lowest BCUT2D eigenvalue weighted by Gasteiger charge is -1.95. The van der Waals surface area contributed by atoms with Crippen LogP contribution in [-0.4, -0.2) is 25.8 Å². The Hall–Kier alpha value is -2.43. The monoisotopic (exact) mass is 226 g/mol. The lowest BCUT2D eigenvalue weighted by molar-refractivity contribution is 0.112. The zero-order valence-electron chi connectivity index (χ0n) is 9.21. The third-order valence-corrected chi connectivity index (χ3v) is 2.68. The van der Waals surface area contributed by atoms with Crippen molar-refractivity contribution in [2.75, 3.05) is 0 Å². The first-order chi connectivity index (χ1) is 8.28. The largest absolute Gasteiger partial charge is 0.335 e. The number of aromatic nitrogens is 4. The molecule has 0 fully saturated rings. The Morgan fingerprint density at radius 3 is 3.00 bits per heavy atom. The summed E-state index contributed by atoms with van der Waals surface area (Å²) in [5.41, 5.74) is 2.30. The van der Waals surface area contributed by atoms with Gasteiger partial charge in [-0.1, -0.05) is 0 Å². The summed E-state index contributed by atoms with van der Waals surface area (Å²) in [5.74, 6) is 1.48. The molecule has 0 amide bonds. The highest BCUT2D eigenvalue weighted by Crippen LogP contribution is 2.19. The van der Waals surface area contributed by atoms with E-state index in [0.717, 1.165) is 23.1 Å². The van der Waals surface area contributed by atoms with Gasteiger partial charge in [0.2, 0.25) is 0 Å². The van der Waals surface area contributed by atoms with Crippen LogP contribution in [-0.2, 0) is 7.05 Å². The van der Waals surface area contributed by atoms with Gasteiger partial charge in [0.1, 0.15) is 6.29 Å². The van der Waals surface area contributed by atoms with E-state index in [9.17, 15) is 4.79 Å². The normalized spacial score (nSPS) is 10.9. The van der Waals surface area contributed by atoms with Crippen LogP contribution in [0.4, 0.5) is 0 Å². The van der Waals surface area contributed by atoms with Crippen molar-refractivity contribution >= 4 is 17.3 Å². The minimum atomic E-state index is 0.632. The summed E-state index contributed by atoms with van der Waals surface area (Å²) in [5, 5.41) is 0. The standard InChI is InChI=1S/C12H10N4O/c1-16-5-4-13-12(16)11-14-9-3-2-8(7-17)6-10(9)15-11/h2-7H,1H3,(H,14,15). The fraction of sp³-hybridized carbons (Fsp3) is 0.0833. The highest BCUT2D eigenvalue weighted by molar-refractivity contribution is 5.86. The van der Waals surface area contributed by atoms with E-state index in [1.54, 1.807) is 18.3 Å². The molecule has 0 atom stereocenters. The summed E-state index contributed by atoms with van der Waals surface area (Å²) in [4.78, 5) is 22.5. The first-order valence-electron chi connectivity index (χ1n) is 5.20. The van der Waals surface area contributed by atoms with Crippen molar-refractivity contribution < 1.29 is 4.79 Å². The third-order valence-electron chi connectivity index (χ3n) is 2.68. The van der Waals surface area contributed by atoms with Crippen LogP contribution in [0, 0.1) is 0 Å². The van der Waals surface area contributed by atoms with E-state index in [4.69, 9.17) is 0 Å². The molecule has 2 aromatic heterocycles. The Morgan fingerprint density at radius 1 is 1.41 bits per heavy atom. The molecule has 0 aliphatic heterocycles. The molecule has 1 N–H and O–H groups in total. The molecule has 0 saturated heterocycles. The Labute approximate surface area is 97.1 Å². The lowest BCUT2D eigenvalue weighted by Crippen LogP contribution is -1.92. The molecule has 1 aromatic carbocycles. The second kappa shape index (κ2) is 3.55. The van der Waals surface area contributed by atoms with Crippen LogP contribution in [0.3, 0.4) is 0 Å². The number of carbonyl (C=O) groups is 1. The Kier molecular flexibility index (Phi) is 2.04. The van der Waals surface area contributed by atoms with Crippen LogP contribution in [0.5, 0.6) is 0 Å². The Balaban J connectivity index is 2.20. The van der Waals surface area contributed by atoms with Crippen LogP contribution >= 0.6 is 0 Å². The first-order valence-corrected chi connectivity index (χ1v) is 5.20. The predicted molar refractivity (Wildman–Crippen MR) is 63.7 cm³/mol. The van der Waals surface area contributed by atoms with E-state index in [1.807, 2.05) is 23.9 Å². The number of benzene rings is 1. The number of rotatable bonds is 2. The van der Waals surface area contributed by atoms with Gasteiger partial charge in [-0.15, -0.1) is 0 Å². The second-order valence-corrected chi connectivity index (χ2v) is 3.84. The maximum Gasteiger partial charge on any atom is 0.175 e. The molecule has 0 spiro atoms. The zero-order chi connectivity index (χ0) is 11.8. The molecule has 84 valence electrons. The number of imidazole rings is 2. The molecule has 2 heterocycles. The summed E-state index contributed by atoms with van der Waals surface area (Å²) in [6.45, 7) is 0. The lowest BCUT2D eigenvalue weighted by atomic mass is 10.2. The predicted octanol–water partition coefficient (Wildman–Crippen LogP) is 1.78. The topological polar surface area (TPSA) is 63.6 Å². The van der Waals surface area contributed by atoms with Gasteiger partial charge in [-0.25, -0.2) is 9.97 Å². The van der Waals surface area contributed by atoms with Crippen molar-refractivity contribution in [3.8, 4) is 11.6 Å². The number of hydrogen-bond donors (Lipinski definition) is 1. The van der Waals surface area contributed by atoms with Crippen molar-refractivity contribution in [1.29, 1.82) is 0 Å². The Bertz CT molecular complexity index is 695. The fourth-order valence-electron chi connectivity index (χ4n) is 1.80. The number of fused-ring (bicyclic) bond motifs is 1. The van der Waals surface area contributed by atoms with Gasteiger partial charge in [-0.2, -0.15) is 0 Å². The number of nitrogens with one attached hydrogen (secondary N) is 1. The highest BCUT2D eigenvalue weighted by atomic mass is 16.1. The minimum absolute atomic E-state index is 0.632. The van der Waals surface area contributed by atoms with Gasteiger partial charge in [0.15, 0.2) is 11.6 Å². The summed E-state index contributed by atoms with van der Waals surface area (Å²) >= 11 is 0. The summed E-state index contributed by atoms with van der Waals surface area (Å²) in [6.07, 6.45) is 4.40. The molecule has 0 unspecified atom stereocenters. The number of aldehydes is 1. The second-order valence-electron chi connectivity index (χ2n) is 3.84. The van der Waals surface area contributed by atoms with Crippen LogP contribution in [0.25, 0.3) is 22.7 Å². The number of aromatic amines is 1. The number of H-pyrrole nitrogens is 1. The number of carbonyl (C=O) groups excluding carboxylic acids is 1. The summed E-state index contributed by atoms with van der Waals surface area (Å²) in [7, 11) is 1.91. The highest BCUT2D eigenvalue weighted by Gasteiger charge is 2.09. The van der Waals surface area contributed by atoms with Gasteiger partial charge in [0.05, 0.1) is 11.0 Å². The van der Waals surface area contributed by atoms with Crippen LogP contribution in [0.15, 0.2) is 30.6 Å². The average molecular weight is 226 g/mol. The van der Waals surface area contributed by atoms with E-state index >= 15 is 0 Å². The van der Waals surface area contributed by atoms with E-state index in [2.05, 4.69) is 15.0 Å². The molecule has 0 aliphatic rings. The zero-order valence-corrected chi connectivity index (χ0v) is 9.21. The number of aryl methyl sites for hydroxylation is 1. The van der Waals surface area contributed by atoms with Gasteiger partial charge in [0.25, 0.3) is 0 Å². The van der Waals surface area contributed by atoms with E-state index in [1.165, 1.54) is 0 Å². The molecule has 3 aromatic rings. The average Bonchev–Trinajstić information content (AvgIpc) is 2.93. The van der Waals surface area contributed by atoms with Gasteiger partial charge in [-0.3, -0.25) is 4.79 Å². The molecule has 17 heavy (non-hydrogen) atoms. The maximum atomic E-state index is 10.7. The molecule has 5 heteroatoms. The van der Waals surface area contributed by atoms with Crippen molar-refractivity contribution in [3.05, 3.63) is 36.2 Å². The number of hydrogen-bond acceptors (Lipinski definition) is 3. The van der Waals surface area contributed by atoms with Crippen molar-refractivity contribution in [2.24, 2.45) is 7.05 Å². The fourth-order valence-corrected chi connectivity index (χ4v) is 1.80. The molecular weight excluding hydrogens is 216 g/mol. The molecular formula is C12H10N4O. The number of nitrogens with zero attached hydrogens (tertiary/aromatic N) is 3. The van der Waals surface area contributed by atoms with Gasteiger partial charge >= 0.3 is 0 Å². The van der Waals surface area contributed by atoms with E-state index in [0.29, 0.717) is 11.4 Å². The minimum Gasteiger partial charge on any atom is -0.335 e. The Morgan fingerprint density at radius 2 is 2.29 bits per heavy atom. The van der Waals surface area contributed by atoms with Gasteiger partial charge < -0.3 is 9.55 Å². The molecule has 3 rings (SSSR count). The molecule has 0 bridgehead atoms. The molecule has 5 nitrogen and oxygen atoms in total. The SMILES string of the molecule is Cn1ccnc1-c1nc2ccc(C=O)cc2[nH]1. The molecule has 0 saturated carbocycles. The summed E-state index contributed by atoms with van der Waals surface area (Å²) < 4.78 is 1.89. The van der Waals surface area contributed by atoms with Crippen molar-refractivity contribution in [3.63, 3.8) is 0 Å². The molecule has 0 radical (unpaired) electrons.